The predicted molar refractivity (Wildman–Crippen MR) is 35.7 cm³/mol. The van der Waals surface area contributed by atoms with Gasteiger partial charge in [0.1, 0.15) is 0 Å². The molecule has 0 fully saturated rings. The molecule has 0 spiro atoms. The number of hydrogen-bond donors (Lipinski definition) is 0. The second-order valence-corrected chi connectivity index (χ2v) is 40.2. The molecule has 0 aliphatic carbocycles. The Balaban J connectivity index is 2.40. The van der Waals surface area contributed by atoms with Gasteiger partial charge < -0.3 is 0 Å². The molecule has 0 N–H and O–H groups in total. The molecule has 3 unspecified atom stereocenters. The zero-order chi connectivity index (χ0) is 4.12. The van der Waals surface area contributed by atoms with Crippen LogP contribution in [0.3, 0.4) is 0 Å². The van der Waals surface area contributed by atoms with Crippen LogP contribution in [0.2, 0.25) is 0 Å². The molecule has 0 amide bonds. The quantitative estimate of drug-likeness (QED) is 0.489. The van der Waals surface area contributed by atoms with Crippen LogP contribution in [0, 0.1) is 0 Å². The van der Waals surface area contributed by atoms with E-state index in [-0.39, 0.29) is 0 Å². The summed E-state index contributed by atoms with van der Waals surface area (Å²) in [5.74, 6) is 0. The summed E-state index contributed by atoms with van der Waals surface area (Å²) in [5, 5.41) is 3.87. The van der Waals surface area contributed by atoms with Gasteiger partial charge in [0.05, 0.1) is 0 Å². The van der Waals surface area contributed by atoms with Crippen molar-refractivity contribution in [3.63, 3.8) is 0 Å². The molecule has 4 heteroatoms. The van der Waals surface area contributed by atoms with Crippen molar-refractivity contribution < 1.29 is 0 Å². The Morgan fingerprint density at radius 2 is 2.40 bits per heavy atom. The molecule has 0 saturated heterocycles. The van der Waals surface area contributed by atoms with Crippen molar-refractivity contribution in [1.82, 2.24) is 0 Å². The van der Waals surface area contributed by atoms with Gasteiger partial charge in [-0.3, -0.25) is 0 Å². The van der Waals surface area contributed by atoms with Crippen LogP contribution in [0.15, 0.2) is 0 Å². The maximum absolute atomic E-state index is 3.87. The van der Waals surface area contributed by atoms with Gasteiger partial charge in [-0.25, -0.2) is 0 Å². The van der Waals surface area contributed by atoms with Crippen molar-refractivity contribution in [2.24, 2.45) is 0 Å². The van der Waals surface area contributed by atoms with Gasteiger partial charge in [0, 0.05) is 0 Å². The van der Waals surface area contributed by atoms with Gasteiger partial charge in [-0.2, -0.15) is 0 Å². The fourth-order valence-electron chi connectivity index (χ4n) is 0.0456. The number of hydrogen-bond acceptors (Lipinski definition) is 0. The summed E-state index contributed by atoms with van der Waals surface area (Å²) in [6.45, 7) is 0. The summed E-state index contributed by atoms with van der Waals surface area (Å²) in [6.07, 6.45) is 0. The third-order valence-electron chi connectivity index (χ3n) is 0.144. The molecule has 0 saturated carbocycles. The van der Waals surface area contributed by atoms with E-state index in [1.807, 2.05) is 14.8 Å². The first-order valence-electron chi connectivity index (χ1n) is 1.08. The molecule has 0 aliphatic rings. The first-order valence-corrected chi connectivity index (χ1v) is 22.2. The molecule has 0 bridgehead atoms. The average molecular weight is 318 g/mol. The van der Waals surface area contributed by atoms with Crippen LogP contribution in [0.25, 0.3) is 0 Å². The van der Waals surface area contributed by atoms with Gasteiger partial charge >= 0.3 is 56.6 Å². The molecule has 0 aliphatic heterocycles. The molecule has 0 aromatic carbocycles. The van der Waals surface area contributed by atoms with E-state index in [9.17, 15) is 0 Å². The Hall–Kier alpha value is 2.10. The van der Waals surface area contributed by atoms with E-state index >= 15 is 0 Å². The SMILES string of the molecule is C=[As][AsH][AsH][AsH2]. The van der Waals surface area contributed by atoms with Crippen LogP contribution in [-0.2, 0) is 0 Å². The monoisotopic (exact) mass is 318 g/mol. The molecule has 0 rings (SSSR count). The van der Waals surface area contributed by atoms with Crippen molar-refractivity contribution in [3.05, 3.63) is 0 Å². The fourth-order valence-corrected chi connectivity index (χ4v) is 33.3. The van der Waals surface area contributed by atoms with Crippen molar-refractivity contribution in [1.29, 1.82) is 0 Å². The molecule has 0 radical (unpaired) electrons. The van der Waals surface area contributed by atoms with Crippen molar-refractivity contribution in [2.75, 3.05) is 0 Å². The van der Waals surface area contributed by atoms with Crippen LogP contribution in [-0.4, -0.2) is 56.6 Å². The predicted octanol–water partition coefficient (Wildman–Crippen LogP) is -2.63. The van der Waals surface area contributed by atoms with E-state index < -0.39 is 0 Å². The van der Waals surface area contributed by atoms with Crippen molar-refractivity contribution >= 4 is 56.6 Å². The van der Waals surface area contributed by atoms with Crippen LogP contribution < -0.4 is 0 Å². The third-order valence-corrected chi connectivity index (χ3v) is 58.1. The minimum absolute atomic E-state index is 0.662. The standard InChI is InChI=1S/CH6As4/c1-3-5-4-2/h4-5H,1-2H2. The van der Waals surface area contributed by atoms with E-state index in [1.165, 1.54) is 0 Å². The number of rotatable bonds is 2. The summed E-state index contributed by atoms with van der Waals surface area (Å²) in [5.41, 5.74) is 0. The molecule has 0 heterocycles. The topological polar surface area (TPSA) is 0 Å². The van der Waals surface area contributed by atoms with Crippen LogP contribution >= 0.6 is 0 Å². The average Bonchev–Trinajstić information content (AvgIpc) is 1.41. The van der Waals surface area contributed by atoms with Crippen LogP contribution in [0.4, 0.5) is 0 Å². The summed E-state index contributed by atoms with van der Waals surface area (Å²) < 4.78 is 0. The zero-order valence-electron chi connectivity index (χ0n) is 2.73. The van der Waals surface area contributed by atoms with Gasteiger partial charge in [0.25, 0.3) is 0 Å². The maximum atomic E-state index is 3.87. The van der Waals surface area contributed by atoms with Crippen molar-refractivity contribution in [2.45, 2.75) is 0 Å². The minimum atomic E-state index is 0.662. The second-order valence-electron chi connectivity index (χ2n) is 0.414. The fraction of sp³-hybridized carbons (Fsp3) is 0. The van der Waals surface area contributed by atoms with Crippen molar-refractivity contribution in [3.8, 4) is 0 Å². The Kier molecular flexibility index (Phi) is 8.67. The first kappa shape index (κ1) is 7.10. The molecule has 0 aromatic heterocycles. The molecular weight excluding hydrogens is 312 g/mol. The van der Waals surface area contributed by atoms with E-state index in [0.29, 0.717) is 36.5 Å². The first-order chi connectivity index (χ1) is 2.41. The summed E-state index contributed by atoms with van der Waals surface area (Å²) >= 11 is 4.01. The Bertz CT molecular complexity index is 24.8. The third kappa shape index (κ3) is 6.10. The van der Waals surface area contributed by atoms with Gasteiger partial charge in [-0.1, -0.05) is 0 Å². The zero-order valence-corrected chi connectivity index (χ0v) is 11.2. The normalized spacial score (nSPS) is 13.8. The Morgan fingerprint density at radius 1 is 1.80 bits per heavy atom. The van der Waals surface area contributed by atoms with Crippen LogP contribution in [0.5, 0.6) is 0 Å². The van der Waals surface area contributed by atoms with E-state index in [1.54, 1.807) is 0 Å². The van der Waals surface area contributed by atoms with Gasteiger partial charge in [0.15, 0.2) is 0 Å². The molecule has 30 valence electrons. The van der Waals surface area contributed by atoms with E-state index in [4.69, 9.17) is 0 Å². The van der Waals surface area contributed by atoms with Gasteiger partial charge in [-0.15, -0.1) is 0 Å². The molecule has 0 aromatic rings. The Labute approximate surface area is 55.8 Å². The molecule has 5 heavy (non-hydrogen) atoms. The second kappa shape index (κ2) is 6.10. The van der Waals surface area contributed by atoms with E-state index in [2.05, 4.69) is 5.31 Å². The molecule has 3 atom stereocenters. The Morgan fingerprint density at radius 3 is 2.40 bits per heavy atom. The summed E-state index contributed by atoms with van der Waals surface area (Å²) in [4.78, 5) is 0. The summed E-state index contributed by atoms with van der Waals surface area (Å²) in [7, 11) is 0. The van der Waals surface area contributed by atoms with Gasteiger partial charge in [0.2, 0.25) is 0 Å². The van der Waals surface area contributed by atoms with Gasteiger partial charge in [-0.05, 0) is 0 Å². The van der Waals surface area contributed by atoms with Crippen LogP contribution in [0.1, 0.15) is 0 Å². The molecule has 0 nitrogen and oxygen atoms in total. The molecular formula is CH6As4. The van der Waals surface area contributed by atoms with E-state index in [0.717, 1.165) is 0 Å². The summed E-state index contributed by atoms with van der Waals surface area (Å²) in [6, 6.07) is 0.